The maximum absolute atomic E-state index is 12.2. The van der Waals surface area contributed by atoms with E-state index in [-0.39, 0.29) is 18.0 Å². The molecule has 0 atom stereocenters. The quantitative estimate of drug-likeness (QED) is 0.411. The Hall–Kier alpha value is -2.40. The van der Waals surface area contributed by atoms with Gasteiger partial charge in [-0.25, -0.2) is 14.6 Å². The summed E-state index contributed by atoms with van der Waals surface area (Å²) in [7, 11) is 0. The van der Waals surface area contributed by atoms with Crippen LogP contribution in [-0.4, -0.2) is 23.5 Å². The number of esters is 2. The molecule has 1 aromatic carbocycles. The van der Waals surface area contributed by atoms with Crippen molar-refractivity contribution < 1.29 is 19.1 Å². The highest BCUT2D eigenvalue weighted by atomic mass is 35.5. The lowest BCUT2D eigenvalue weighted by Gasteiger charge is -2.07. The SMILES string of the molecule is CCCCCCCOC(=O)c1cccc(C(=O)OCc2ccc(Cl)cc2)n1. The number of hydrogen-bond donors (Lipinski definition) is 0. The van der Waals surface area contributed by atoms with Crippen LogP contribution in [0.25, 0.3) is 0 Å². The zero-order valence-corrected chi connectivity index (χ0v) is 16.2. The Balaban J connectivity index is 1.83. The van der Waals surface area contributed by atoms with Crippen LogP contribution in [0.3, 0.4) is 0 Å². The molecule has 0 bridgehead atoms. The second-order valence-electron chi connectivity index (χ2n) is 6.16. The molecule has 0 amide bonds. The molecule has 0 aliphatic carbocycles. The summed E-state index contributed by atoms with van der Waals surface area (Å²) < 4.78 is 10.4. The molecule has 1 heterocycles. The molecule has 2 aromatic rings. The first-order chi connectivity index (χ1) is 13.1. The van der Waals surface area contributed by atoms with Gasteiger partial charge in [-0.15, -0.1) is 0 Å². The van der Waals surface area contributed by atoms with E-state index in [0.29, 0.717) is 11.6 Å². The molecule has 0 aliphatic rings. The number of benzene rings is 1. The van der Waals surface area contributed by atoms with Gasteiger partial charge in [-0.1, -0.05) is 62.4 Å². The Labute approximate surface area is 164 Å². The van der Waals surface area contributed by atoms with Crippen molar-refractivity contribution in [2.24, 2.45) is 0 Å². The summed E-state index contributed by atoms with van der Waals surface area (Å²) in [6.45, 7) is 2.61. The molecular weight excluding hydrogens is 366 g/mol. The monoisotopic (exact) mass is 389 g/mol. The first-order valence-corrected chi connectivity index (χ1v) is 9.53. The molecule has 0 spiro atoms. The Morgan fingerprint density at radius 1 is 0.889 bits per heavy atom. The minimum atomic E-state index is -0.598. The molecule has 0 fully saturated rings. The summed E-state index contributed by atoms with van der Waals surface area (Å²) in [5.41, 5.74) is 0.984. The highest BCUT2D eigenvalue weighted by Gasteiger charge is 2.14. The predicted molar refractivity (Wildman–Crippen MR) is 104 cm³/mol. The van der Waals surface area contributed by atoms with Crippen molar-refractivity contribution in [2.45, 2.75) is 45.6 Å². The van der Waals surface area contributed by atoms with Crippen molar-refractivity contribution in [3.8, 4) is 0 Å². The molecule has 27 heavy (non-hydrogen) atoms. The van der Waals surface area contributed by atoms with E-state index in [4.69, 9.17) is 21.1 Å². The number of halogens is 1. The van der Waals surface area contributed by atoms with Gasteiger partial charge < -0.3 is 9.47 Å². The smallest absolute Gasteiger partial charge is 0.357 e. The van der Waals surface area contributed by atoms with E-state index in [0.717, 1.165) is 24.8 Å². The van der Waals surface area contributed by atoms with Crippen LogP contribution in [0.15, 0.2) is 42.5 Å². The van der Waals surface area contributed by atoms with Crippen LogP contribution in [0, 0.1) is 0 Å². The number of hydrogen-bond acceptors (Lipinski definition) is 5. The minimum Gasteiger partial charge on any atom is -0.461 e. The Kier molecular flexibility index (Phi) is 8.78. The summed E-state index contributed by atoms with van der Waals surface area (Å²) in [5.74, 6) is -1.13. The normalized spacial score (nSPS) is 10.4. The van der Waals surface area contributed by atoms with E-state index in [1.165, 1.54) is 25.0 Å². The number of pyridine rings is 1. The van der Waals surface area contributed by atoms with Crippen LogP contribution in [0.4, 0.5) is 0 Å². The number of ether oxygens (including phenoxy) is 2. The summed E-state index contributed by atoms with van der Waals surface area (Å²) in [5, 5.41) is 0.614. The number of unbranched alkanes of at least 4 members (excludes halogenated alkanes) is 4. The van der Waals surface area contributed by atoms with Crippen LogP contribution in [0.2, 0.25) is 5.02 Å². The van der Waals surface area contributed by atoms with Gasteiger partial charge in [0.25, 0.3) is 0 Å². The molecule has 144 valence electrons. The first-order valence-electron chi connectivity index (χ1n) is 9.16. The molecule has 0 unspecified atom stereocenters. The van der Waals surface area contributed by atoms with Gasteiger partial charge in [0.15, 0.2) is 0 Å². The average Bonchev–Trinajstić information content (AvgIpc) is 2.70. The van der Waals surface area contributed by atoms with Crippen molar-refractivity contribution >= 4 is 23.5 Å². The average molecular weight is 390 g/mol. The van der Waals surface area contributed by atoms with E-state index in [2.05, 4.69) is 11.9 Å². The van der Waals surface area contributed by atoms with Crippen LogP contribution < -0.4 is 0 Å². The number of nitrogens with zero attached hydrogens (tertiary/aromatic N) is 1. The first kappa shape index (κ1) is 20.9. The zero-order valence-electron chi connectivity index (χ0n) is 15.4. The van der Waals surface area contributed by atoms with Gasteiger partial charge in [0, 0.05) is 5.02 Å². The van der Waals surface area contributed by atoms with E-state index in [9.17, 15) is 9.59 Å². The van der Waals surface area contributed by atoms with Gasteiger partial charge in [-0.3, -0.25) is 0 Å². The summed E-state index contributed by atoms with van der Waals surface area (Å²) in [6, 6.07) is 11.6. The highest BCUT2D eigenvalue weighted by molar-refractivity contribution is 6.30. The van der Waals surface area contributed by atoms with Crippen molar-refractivity contribution in [1.82, 2.24) is 4.98 Å². The van der Waals surface area contributed by atoms with Gasteiger partial charge >= 0.3 is 11.9 Å². The largest absolute Gasteiger partial charge is 0.461 e. The van der Waals surface area contributed by atoms with Crippen LogP contribution in [0.1, 0.15) is 65.6 Å². The van der Waals surface area contributed by atoms with E-state index >= 15 is 0 Å². The van der Waals surface area contributed by atoms with E-state index in [1.54, 1.807) is 30.3 Å². The van der Waals surface area contributed by atoms with Crippen molar-refractivity contribution in [3.63, 3.8) is 0 Å². The Morgan fingerprint density at radius 3 is 2.19 bits per heavy atom. The Bertz CT molecular complexity index is 746. The van der Waals surface area contributed by atoms with Crippen LogP contribution >= 0.6 is 11.6 Å². The molecule has 0 aliphatic heterocycles. The molecule has 0 saturated carbocycles. The molecule has 0 saturated heterocycles. The fraction of sp³-hybridized carbons (Fsp3) is 0.381. The third-order valence-electron chi connectivity index (χ3n) is 3.93. The topological polar surface area (TPSA) is 65.5 Å². The third-order valence-corrected chi connectivity index (χ3v) is 4.18. The third kappa shape index (κ3) is 7.39. The number of aromatic nitrogens is 1. The van der Waals surface area contributed by atoms with Crippen molar-refractivity contribution in [3.05, 3.63) is 64.4 Å². The van der Waals surface area contributed by atoms with Crippen LogP contribution in [0.5, 0.6) is 0 Å². The molecule has 2 rings (SSSR count). The number of carbonyl (C=O) groups excluding carboxylic acids is 2. The second kappa shape index (κ2) is 11.3. The number of rotatable bonds is 10. The fourth-order valence-electron chi connectivity index (χ4n) is 2.41. The van der Waals surface area contributed by atoms with Gasteiger partial charge in [0.2, 0.25) is 0 Å². The second-order valence-corrected chi connectivity index (χ2v) is 6.60. The zero-order chi connectivity index (χ0) is 19.5. The van der Waals surface area contributed by atoms with E-state index in [1.807, 2.05) is 0 Å². The molecule has 1 aromatic heterocycles. The molecule has 6 heteroatoms. The van der Waals surface area contributed by atoms with Gasteiger partial charge in [-0.05, 0) is 36.2 Å². The fourth-order valence-corrected chi connectivity index (χ4v) is 2.54. The molecular formula is C21H24ClNO4. The maximum Gasteiger partial charge on any atom is 0.357 e. The van der Waals surface area contributed by atoms with Gasteiger partial charge in [0.1, 0.15) is 18.0 Å². The molecule has 0 radical (unpaired) electrons. The number of carbonyl (C=O) groups is 2. The minimum absolute atomic E-state index is 0.0707. The van der Waals surface area contributed by atoms with Crippen molar-refractivity contribution in [1.29, 1.82) is 0 Å². The molecule has 0 N–H and O–H groups in total. The predicted octanol–water partition coefficient (Wildman–Crippen LogP) is 5.22. The van der Waals surface area contributed by atoms with Gasteiger partial charge in [-0.2, -0.15) is 0 Å². The highest BCUT2D eigenvalue weighted by Crippen LogP contribution is 2.11. The lowest BCUT2D eigenvalue weighted by Crippen LogP contribution is -2.13. The summed E-state index contributed by atoms with van der Waals surface area (Å²) in [6.07, 6.45) is 5.36. The van der Waals surface area contributed by atoms with Crippen LogP contribution in [-0.2, 0) is 16.1 Å². The standard InChI is InChI=1S/C21H24ClNO4/c1-2-3-4-5-6-14-26-20(24)18-8-7-9-19(23-18)21(25)27-15-16-10-12-17(22)13-11-16/h7-13H,2-6,14-15H2,1H3. The Morgan fingerprint density at radius 2 is 1.52 bits per heavy atom. The van der Waals surface area contributed by atoms with Crippen molar-refractivity contribution in [2.75, 3.05) is 6.61 Å². The van der Waals surface area contributed by atoms with Gasteiger partial charge in [0.05, 0.1) is 6.61 Å². The summed E-state index contributed by atoms with van der Waals surface area (Å²) >= 11 is 5.82. The van der Waals surface area contributed by atoms with E-state index < -0.39 is 11.9 Å². The maximum atomic E-state index is 12.2. The lowest BCUT2D eigenvalue weighted by molar-refractivity contribution is 0.0463. The lowest BCUT2D eigenvalue weighted by atomic mass is 10.2. The summed E-state index contributed by atoms with van der Waals surface area (Å²) in [4.78, 5) is 28.3. The molecule has 5 nitrogen and oxygen atoms in total.